The molecule has 0 saturated heterocycles. The third-order valence-corrected chi connectivity index (χ3v) is 20.9. The van der Waals surface area contributed by atoms with Crippen molar-refractivity contribution in [2.45, 2.75) is 187 Å². The summed E-state index contributed by atoms with van der Waals surface area (Å²) in [5.41, 5.74) is 21.1. The lowest BCUT2D eigenvalue weighted by Gasteiger charge is -2.22. The molecule has 0 bridgehead atoms. The minimum absolute atomic E-state index is 0.372. The molecular weight excluding hydrogens is 893 g/mol. The Bertz CT molecular complexity index is 2800. The zero-order valence-electron chi connectivity index (χ0n) is 49.4. The number of para-hydroxylation sites is 1. The van der Waals surface area contributed by atoms with Crippen LogP contribution in [0, 0.1) is 107 Å². The van der Waals surface area contributed by atoms with Crippen LogP contribution in [0.4, 0.5) is 0 Å². The molecular formula is C73H96O. The van der Waals surface area contributed by atoms with Crippen molar-refractivity contribution in [2.75, 3.05) is 0 Å². The van der Waals surface area contributed by atoms with E-state index < -0.39 is 0 Å². The Hall–Kier alpha value is -4.10. The number of aryl methyl sites for hydroxylation is 3. The normalized spacial score (nSPS) is 32.7. The molecule has 0 radical (unpaired) electrons. The first-order valence-corrected chi connectivity index (χ1v) is 29.7. The Morgan fingerprint density at radius 1 is 0.338 bits per heavy atom. The fraction of sp³-hybridized carbons (Fsp3) is 0.589. The Balaban J connectivity index is 0.0000000993. The zero-order valence-corrected chi connectivity index (χ0v) is 49.4. The van der Waals surface area contributed by atoms with Crippen molar-refractivity contribution in [2.24, 2.45) is 86.3 Å². The molecule has 0 amide bonds. The van der Waals surface area contributed by atoms with E-state index in [4.69, 9.17) is 4.74 Å². The van der Waals surface area contributed by atoms with Crippen LogP contribution in [0.3, 0.4) is 0 Å². The van der Waals surface area contributed by atoms with Gasteiger partial charge in [-0.3, -0.25) is 0 Å². The molecule has 0 aromatic heterocycles. The van der Waals surface area contributed by atoms with Gasteiger partial charge >= 0.3 is 0 Å². The molecule has 15 rings (SSSR count). The zero-order chi connectivity index (χ0) is 52.9. The lowest BCUT2D eigenvalue weighted by atomic mass is 9.83. The van der Waals surface area contributed by atoms with Crippen molar-refractivity contribution in [3.05, 3.63) is 170 Å². The van der Waals surface area contributed by atoms with E-state index in [9.17, 15) is 0 Å². The van der Waals surface area contributed by atoms with Gasteiger partial charge in [-0.2, -0.15) is 0 Å². The summed E-state index contributed by atoms with van der Waals surface area (Å²) < 4.78 is 6.05. The molecule has 0 spiro atoms. The van der Waals surface area contributed by atoms with E-state index in [1.807, 2.05) is 0 Å². The van der Waals surface area contributed by atoms with Crippen molar-refractivity contribution in [3.63, 3.8) is 0 Å². The molecule has 5 saturated carbocycles. The fourth-order valence-electron chi connectivity index (χ4n) is 17.9. The lowest BCUT2D eigenvalue weighted by Crippen LogP contribution is -2.15. The molecule has 5 fully saturated rings. The smallest absolute Gasteiger partial charge is 0.126 e. The average molecular weight is 990 g/mol. The highest BCUT2D eigenvalue weighted by Gasteiger charge is 2.64. The highest BCUT2D eigenvalue weighted by Crippen LogP contribution is 2.70. The van der Waals surface area contributed by atoms with Gasteiger partial charge in [0.2, 0.25) is 0 Å². The summed E-state index contributed by atoms with van der Waals surface area (Å²) in [4.78, 5) is 0. The van der Waals surface area contributed by atoms with E-state index >= 15 is 0 Å². The third-order valence-electron chi connectivity index (χ3n) is 20.9. The van der Waals surface area contributed by atoms with Crippen LogP contribution in [-0.4, -0.2) is 6.10 Å². The maximum atomic E-state index is 6.05. The van der Waals surface area contributed by atoms with Gasteiger partial charge in [0.1, 0.15) is 11.9 Å². The molecule has 1 heterocycles. The van der Waals surface area contributed by atoms with E-state index in [1.54, 1.807) is 44.5 Å². The van der Waals surface area contributed by atoms with Crippen LogP contribution >= 0.6 is 0 Å². The minimum Gasteiger partial charge on any atom is -0.489 e. The van der Waals surface area contributed by atoms with Crippen LogP contribution in [0.25, 0.3) is 0 Å². The number of hydrogen-bond acceptors (Lipinski definition) is 1. The van der Waals surface area contributed by atoms with Gasteiger partial charge < -0.3 is 4.74 Å². The maximum absolute atomic E-state index is 6.05. The molecule has 394 valence electrons. The van der Waals surface area contributed by atoms with Crippen molar-refractivity contribution < 1.29 is 4.74 Å². The van der Waals surface area contributed by atoms with Gasteiger partial charge in [0.25, 0.3) is 0 Å². The second-order valence-electron chi connectivity index (χ2n) is 31.3. The second-order valence-corrected chi connectivity index (χ2v) is 31.3. The quantitative estimate of drug-likeness (QED) is 0.150. The molecule has 1 aliphatic heterocycles. The van der Waals surface area contributed by atoms with Crippen molar-refractivity contribution >= 4 is 0 Å². The lowest BCUT2D eigenvalue weighted by molar-refractivity contribution is 0.229. The molecule has 5 aromatic carbocycles. The molecule has 74 heavy (non-hydrogen) atoms. The predicted octanol–water partition coefficient (Wildman–Crippen LogP) is 18.7. The topological polar surface area (TPSA) is 9.23 Å². The Kier molecular flexibility index (Phi) is 12.6. The predicted molar refractivity (Wildman–Crippen MR) is 312 cm³/mol. The van der Waals surface area contributed by atoms with Gasteiger partial charge in [0.15, 0.2) is 0 Å². The number of fused-ring (bicyclic) bond motifs is 14. The molecule has 1 heteroatoms. The third kappa shape index (κ3) is 9.50. The largest absolute Gasteiger partial charge is 0.489 e. The fourth-order valence-corrected chi connectivity index (χ4v) is 17.9. The monoisotopic (exact) mass is 989 g/mol. The standard InChI is InChI=1S/3C15H20.C14H18O.C14H18/c1-9-5-6-11-10(7-9)8-12-13(11)14(12)15(2,3)4;1-9-6-5-7-10-11(9)8-12-13(10)14(12)15(2,3)4;1-15(2,3)14-12-8-10-6-4-5-7-11(10)9-13(12)14;1-8-6-5-7-9-10-11(14(2,3)4)13(10)15-12(8)9;1-14(2,3)13-11-8-9-6-4-5-7-10(9)12(11)13/h2*5-7,12-14H,8H2,1-4H3;4-7,12-14H,8-9H2,1-3H3;5-7,10-11,13H,1-4H3;4-7,11-13H,8H2,1-3H3. The van der Waals surface area contributed by atoms with Gasteiger partial charge in [-0.25, -0.2) is 0 Å². The summed E-state index contributed by atoms with van der Waals surface area (Å²) in [5.74, 6) is 13.9. The Labute approximate surface area is 450 Å². The summed E-state index contributed by atoms with van der Waals surface area (Å²) in [6, 6.07) is 38.5. The molecule has 14 unspecified atom stereocenters. The van der Waals surface area contributed by atoms with Crippen LogP contribution < -0.4 is 4.74 Å². The summed E-state index contributed by atoms with van der Waals surface area (Å²) in [5, 5.41) is 0. The highest BCUT2D eigenvalue weighted by atomic mass is 16.5. The summed E-state index contributed by atoms with van der Waals surface area (Å²) >= 11 is 0. The molecule has 10 aliphatic rings. The van der Waals surface area contributed by atoms with Crippen molar-refractivity contribution in [3.8, 4) is 5.75 Å². The van der Waals surface area contributed by atoms with E-state index in [2.05, 4.69) is 228 Å². The number of hydrogen-bond donors (Lipinski definition) is 0. The Morgan fingerprint density at radius 3 is 1.30 bits per heavy atom. The van der Waals surface area contributed by atoms with E-state index in [1.165, 1.54) is 54.4 Å². The number of ether oxygens (including phenoxy) is 1. The molecule has 9 aliphatic carbocycles. The van der Waals surface area contributed by atoms with E-state index in [0.717, 1.165) is 76.8 Å². The summed E-state index contributed by atoms with van der Waals surface area (Å²) in [6.07, 6.45) is 7.15. The maximum Gasteiger partial charge on any atom is 0.126 e. The Morgan fingerprint density at radius 2 is 0.757 bits per heavy atom. The highest BCUT2D eigenvalue weighted by molar-refractivity contribution is 5.53. The number of rotatable bonds is 0. The molecule has 0 N–H and O–H groups in total. The van der Waals surface area contributed by atoms with E-state index in [-0.39, 0.29) is 0 Å². The SMILES string of the molecule is CC(C)(C)C1C2Cc3ccccc3C21.CC(C)(C)C1C2Cc3ccccc3CC21.Cc1ccc2c(c1)CC1C2C1C(C)(C)C.Cc1cccc2c1CC1C2C1C(C)(C)C.Cc1cccc2c1OC1C2C1C(C)(C)C. The van der Waals surface area contributed by atoms with Crippen molar-refractivity contribution in [1.82, 2.24) is 0 Å². The second kappa shape index (κ2) is 18.0. The van der Waals surface area contributed by atoms with Crippen LogP contribution in [0.5, 0.6) is 5.75 Å². The first kappa shape index (κ1) is 52.0. The average Bonchev–Trinajstić information content (AvgIpc) is 4.22. The van der Waals surface area contributed by atoms with Crippen LogP contribution in [0.1, 0.15) is 194 Å². The minimum atomic E-state index is 0.372. The molecule has 14 atom stereocenters. The van der Waals surface area contributed by atoms with Gasteiger partial charge in [0.05, 0.1) is 0 Å². The number of benzene rings is 5. The van der Waals surface area contributed by atoms with Gasteiger partial charge in [0, 0.05) is 17.4 Å². The van der Waals surface area contributed by atoms with Crippen molar-refractivity contribution in [1.29, 1.82) is 0 Å². The van der Waals surface area contributed by atoms with Crippen LogP contribution in [-0.2, 0) is 32.1 Å². The first-order valence-electron chi connectivity index (χ1n) is 29.7. The summed E-state index contributed by atoms with van der Waals surface area (Å²) in [6.45, 7) is 42.3. The summed E-state index contributed by atoms with van der Waals surface area (Å²) in [7, 11) is 0. The van der Waals surface area contributed by atoms with Crippen LogP contribution in [0.15, 0.2) is 103 Å². The van der Waals surface area contributed by atoms with E-state index in [0.29, 0.717) is 45.0 Å². The first-order chi connectivity index (χ1) is 34.6. The van der Waals surface area contributed by atoms with Gasteiger partial charge in [-0.05, 0) is 207 Å². The molecule has 1 nitrogen and oxygen atoms in total. The van der Waals surface area contributed by atoms with Gasteiger partial charge in [-0.15, -0.1) is 0 Å². The molecule has 5 aromatic rings. The van der Waals surface area contributed by atoms with Gasteiger partial charge in [-0.1, -0.05) is 213 Å². The van der Waals surface area contributed by atoms with Crippen LogP contribution in [0.2, 0.25) is 0 Å².